The molecule has 0 spiro atoms. The van der Waals surface area contributed by atoms with Gasteiger partial charge in [0.1, 0.15) is 10.7 Å². The molecule has 0 bridgehead atoms. The van der Waals surface area contributed by atoms with Crippen LogP contribution in [0, 0.1) is 0 Å². The number of rotatable bonds is 9. The van der Waals surface area contributed by atoms with Crippen LogP contribution in [0.1, 0.15) is 69.5 Å². The van der Waals surface area contributed by atoms with E-state index in [4.69, 9.17) is 5.73 Å². The summed E-state index contributed by atoms with van der Waals surface area (Å²) in [6, 6.07) is 0.495. The topological polar surface area (TPSA) is 80.0 Å². The van der Waals surface area contributed by atoms with Gasteiger partial charge in [-0.2, -0.15) is 0 Å². The lowest BCUT2D eigenvalue weighted by molar-refractivity contribution is 0.0937. The zero-order chi connectivity index (χ0) is 15.8. The fourth-order valence-electron chi connectivity index (χ4n) is 2.14. The number of thiazole rings is 1. The number of aromatic nitrogens is 1. The van der Waals surface area contributed by atoms with Gasteiger partial charge in [-0.1, -0.05) is 44.4 Å². The largest absolute Gasteiger partial charge is 0.382 e. The van der Waals surface area contributed by atoms with E-state index in [-0.39, 0.29) is 18.0 Å². The molecule has 0 aliphatic rings. The Bertz CT molecular complexity index is 445. The summed E-state index contributed by atoms with van der Waals surface area (Å²) >= 11 is 1.32. The molecule has 0 aliphatic carbocycles. The maximum atomic E-state index is 12.4. The number of hydrogen-bond acceptors (Lipinski definition) is 5. The lowest BCUT2D eigenvalue weighted by atomic mass is 10.1. The molecule has 0 fully saturated rings. The van der Waals surface area contributed by atoms with Gasteiger partial charge in [-0.05, 0) is 26.7 Å². The van der Waals surface area contributed by atoms with E-state index in [1.165, 1.54) is 11.3 Å². The Kier molecular flexibility index (Phi) is 7.50. The summed E-state index contributed by atoms with van der Waals surface area (Å²) < 4.78 is 0. The van der Waals surface area contributed by atoms with E-state index in [1.54, 1.807) is 0 Å². The monoisotopic (exact) mass is 312 g/mol. The molecule has 1 unspecified atom stereocenters. The number of hydrogen-bond donors (Lipinski definition) is 3. The van der Waals surface area contributed by atoms with E-state index in [1.807, 2.05) is 13.8 Å². The standard InChI is InChI=1S/C15H28N4OS/c1-5-7-9-11(8-6-2)18-14(20)12-13(16)19-15(21-12)17-10(3)4/h10-11H,5-9,16H2,1-4H3,(H,17,19)(H,18,20). The molecule has 6 heteroatoms. The second kappa shape index (κ2) is 8.87. The third-order valence-corrected chi connectivity index (χ3v) is 4.15. The number of nitrogens with two attached hydrogens (primary N) is 1. The van der Waals surface area contributed by atoms with Crippen LogP contribution in [0.15, 0.2) is 0 Å². The molecule has 0 aromatic carbocycles. The van der Waals surface area contributed by atoms with Crippen molar-refractivity contribution in [3.8, 4) is 0 Å². The van der Waals surface area contributed by atoms with E-state index in [2.05, 4.69) is 29.5 Å². The summed E-state index contributed by atoms with van der Waals surface area (Å²) in [6.07, 6.45) is 5.35. The SMILES string of the molecule is CCCCC(CCC)NC(=O)c1sc(NC(C)C)nc1N. The van der Waals surface area contributed by atoms with Gasteiger partial charge in [-0.3, -0.25) is 4.79 Å². The first-order chi connectivity index (χ1) is 9.97. The molecule has 1 heterocycles. The number of nitrogens with zero attached hydrogens (tertiary/aromatic N) is 1. The Hall–Kier alpha value is -1.30. The lowest BCUT2D eigenvalue weighted by Gasteiger charge is -2.17. The Labute approximate surface area is 131 Å². The van der Waals surface area contributed by atoms with Gasteiger partial charge in [0.05, 0.1) is 0 Å². The van der Waals surface area contributed by atoms with Gasteiger partial charge in [0.25, 0.3) is 5.91 Å². The van der Waals surface area contributed by atoms with E-state index < -0.39 is 0 Å². The van der Waals surface area contributed by atoms with Gasteiger partial charge in [0, 0.05) is 12.1 Å². The van der Waals surface area contributed by atoms with Crippen LogP contribution in [-0.2, 0) is 0 Å². The molecule has 1 rings (SSSR count). The molecule has 0 radical (unpaired) electrons. The van der Waals surface area contributed by atoms with Crippen molar-refractivity contribution in [1.82, 2.24) is 10.3 Å². The highest BCUT2D eigenvalue weighted by Gasteiger charge is 2.19. The van der Waals surface area contributed by atoms with Crippen LogP contribution >= 0.6 is 11.3 Å². The summed E-state index contributed by atoms with van der Waals surface area (Å²) in [6.45, 7) is 8.35. The molecule has 1 aromatic heterocycles. The van der Waals surface area contributed by atoms with Crippen molar-refractivity contribution in [2.24, 2.45) is 0 Å². The molecule has 4 N–H and O–H groups in total. The average Bonchev–Trinajstić information content (AvgIpc) is 2.76. The second-order valence-electron chi connectivity index (χ2n) is 5.63. The third-order valence-electron chi connectivity index (χ3n) is 3.15. The first kappa shape index (κ1) is 17.8. The van der Waals surface area contributed by atoms with Gasteiger partial charge in [-0.15, -0.1) is 0 Å². The van der Waals surface area contributed by atoms with Gasteiger partial charge >= 0.3 is 0 Å². The predicted molar refractivity (Wildman–Crippen MR) is 91.0 cm³/mol. The number of anilines is 2. The number of unbranched alkanes of at least 4 members (excludes halogenated alkanes) is 1. The molecule has 0 aliphatic heterocycles. The van der Waals surface area contributed by atoms with E-state index in [0.717, 1.165) is 32.1 Å². The summed E-state index contributed by atoms with van der Waals surface area (Å²) in [5.74, 6) is 0.211. The van der Waals surface area contributed by atoms with Crippen molar-refractivity contribution < 1.29 is 4.79 Å². The van der Waals surface area contributed by atoms with Gasteiger partial charge in [0.2, 0.25) is 0 Å². The molecule has 0 saturated heterocycles. The Morgan fingerprint density at radius 1 is 1.29 bits per heavy atom. The number of carbonyl (C=O) groups excluding carboxylic acids is 1. The highest BCUT2D eigenvalue weighted by Crippen LogP contribution is 2.25. The smallest absolute Gasteiger partial charge is 0.265 e. The van der Waals surface area contributed by atoms with Gasteiger partial charge in [0.15, 0.2) is 5.13 Å². The van der Waals surface area contributed by atoms with E-state index in [9.17, 15) is 4.79 Å². The molecule has 1 amide bonds. The minimum Gasteiger partial charge on any atom is -0.382 e. The first-order valence-corrected chi connectivity index (χ1v) is 8.63. The van der Waals surface area contributed by atoms with Gasteiger partial charge < -0.3 is 16.4 Å². The fraction of sp³-hybridized carbons (Fsp3) is 0.733. The van der Waals surface area contributed by atoms with Crippen LogP contribution in [0.5, 0.6) is 0 Å². The Morgan fingerprint density at radius 2 is 2.00 bits per heavy atom. The zero-order valence-electron chi connectivity index (χ0n) is 13.5. The molecule has 0 saturated carbocycles. The summed E-state index contributed by atoms with van der Waals surface area (Å²) in [5, 5.41) is 6.98. The van der Waals surface area contributed by atoms with E-state index in [0.29, 0.717) is 15.8 Å². The zero-order valence-corrected chi connectivity index (χ0v) is 14.3. The number of amides is 1. The van der Waals surface area contributed by atoms with Crippen molar-refractivity contribution in [3.05, 3.63) is 4.88 Å². The van der Waals surface area contributed by atoms with Crippen LogP contribution < -0.4 is 16.4 Å². The summed E-state index contributed by atoms with van der Waals surface area (Å²) in [7, 11) is 0. The van der Waals surface area contributed by atoms with Crippen LogP contribution in [0.2, 0.25) is 0 Å². The maximum absolute atomic E-state index is 12.4. The number of nitrogen functional groups attached to an aromatic ring is 1. The van der Waals surface area contributed by atoms with Crippen molar-refractivity contribution >= 4 is 28.2 Å². The number of nitrogens with one attached hydrogen (secondary N) is 2. The number of carbonyl (C=O) groups is 1. The van der Waals surface area contributed by atoms with Crippen LogP contribution in [0.3, 0.4) is 0 Å². The average molecular weight is 312 g/mol. The highest BCUT2D eigenvalue weighted by molar-refractivity contribution is 7.18. The minimum absolute atomic E-state index is 0.101. The van der Waals surface area contributed by atoms with Gasteiger partial charge in [-0.25, -0.2) is 4.98 Å². The molecular weight excluding hydrogens is 284 g/mol. The first-order valence-electron chi connectivity index (χ1n) is 7.81. The molecule has 21 heavy (non-hydrogen) atoms. The van der Waals surface area contributed by atoms with E-state index >= 15 is 0 Å². The molecule has 120 valence electrons. The van der Waals surface area contributed by atoms with Crippen LogP contribution in [0.25, 0.3) is 0 Å². The summed E-state index contributed by atoms with van der Waals surface area (Å²) in [5.41, 5.74) is 5.87. The predicted octanol–water partition coefficient (Wildman–Crippen LogP) is 3.63. The maximum Gasteiger partial charge on any atom is 0.265 e. The Morgan fingerprint density at radius 3 is 2.57 bits per heavy atom. The second-order valence-corrected chi connectivity index (χ2v) is 6.63. The van der Waals surface area contributed by atoms with Crippen molar-refractivity contribution in [2.75, 3.05) is 11.1 Å². The molecular formula is C15H28N4OS. The normalized spacial score (nSPS) is 12.4. The molecule has 1 atom stereocenters. The summed E-state index contributed by atoms with van der Waals surface area (Å²) in [4.78, 5) is 17.1. The minimum atomic E-state index is -0.101. The lowest BCUT2D eigenvalue weighted by Crippen LogP contribution is -2.34. The van der Waals surface area contributed by atoms with Crippen LogP contribution in [-0.4, -0.2) is 23.0 Å². The fourth-order valence-corrected chi connectivity index (χ4v) is 3.08. The van der Waals surface area contributed by atoms with Crippen molar-refractivity contribution in [3.63, 3.8) is 0 Å². The highest BCUT2D eigenvalue weighted by atomic mass is 32.1. The molecule has 5 nitrogen and oxygen atoms in total. The third kappa shape index (κ3) is 5.91. The van der Waals surface area contributed by atoms with Crippen molar-refractivity contribution in [1.29, 1.82) is 0 Å². The Balaban J connectivity index is 2.70. The molecule has 1 aromatic rings. The van der Waals surface area contributed by atoms with Crippen molar-refractivity contribution in [2.45, 2.75) is 71.9 Å². The van der Waals surface area contributed by atoms with Crippen LogP contribution in [0.4, 0.5) is 10.9 Å². The quantitative estimate of drug-likeness (QED) is 0.650.